The summed E-state index contributed by atoms with van der Waals surface area (Å²) in [5.74, 6) is -2.76. The Morgan fingerprint density at radius 1 is 0.833 bits per heavy atom. The molecule has 0 N–H and O–H groups in total. The van der Waals surface area contributed by atoms with E-state index in [1.54, 1.807) is 0 Å². The van der Waals surface area contributed by atoms with Gasteiger partial charge in [0.25, 0.3) is 0 Å². The summed E-state index contributed by atoms with van der Waals surface area (Å²) in [6, 6.07) is 5.43. The fourth-order valence-corrected chi connectivity index (χ4v) is 1.68. The van der Waals surface area contributed by atoms with Crippen molar-refractivity contribution in [2.75, 3.05) is 0 Å². The van der Waals surface area contributed by atoms with Gasteiger partial charge >= 0.3 is 0 Å². The van der Waals surface area contributed by atoms with Crippen LogP contribution in [-0.4, -0.2) is 0 Å². The first-order valence-electron chi connectivity index (χ1n) is 5.36. The van der Waals surface area contributed by atoms with Gasteiger partial charge in [-0.3, -0.25) is 0 Å². The molecule has 2 aromatic rings. The lowest BCUT2D eigenvalue weighted by Gasteiger charge is -2.06. The Hall–Kier alpha value is -1.84. The molecule has 94 valence electrons. The summed E-state index contributed by atoms with van der Waals surface area (Å²) in [6.45, 7) is 1.33. The maximum atomic E-state index is 13.4. The van der Waals surface area contributed by atoms with Crippen molar-refractivity contribution in [3.05, 3.63) is 70.3 Å². The predicted octanol–water partition coefficient (Wildman–Crippen LogP) is 4.14. The summed E-state index contributed by atoms with van der Waals surface area (Å²) in [6.07, 6.45) is 0.0141. The van der Waals surface area contributed by atoms with E-state index < -0.39 is 23.3 Å². The van der Waals surface area contributed by atoms with Crippen LogP contribution < -0.4 is 0 Å². The van der Waals surface area contributed by atoms with E-state index in [-0.39, 0.29) is 17.5 Å². The fraction of sp³-hybridized carbons (Fsp3) is 0.143. The van der Waals surface area contributed by atoms with Crippen LogP contribution in [0.15, 0.2) is 30.3 Å². The van der Waals surface area contributed by atoms with E-state index >= 15 is 0 Å². The summed E-state index contributed by atoms with van der Waals surface area (Å²) in [4.78, 5) is 0. The Balaban J connectivity index is 2.34. The monoisotopic (exact) mass is 254 g/mol. The third-order valence-electron chi connectivity index (χ3n) is 2.75. The first-order chi connectivity index (χ1) is 8.47. The maximum Gasteiger partial charge on any atom is 0.129 e. The van der Waals surface area contributed by atoms with Gasteiger partial charge in [0.2, 0.25) is 0 Å². The molecule has 0 unspecified atom stereocenters. The van der Waals surface area contributed by atoms with Gasteiger partial charge in [-0.05, 0) is 36.2 Å². The van der Waals surface area contributed by atoms with Gasteiger partial charge in [0.1, 0.15) is 23.3 Å². The largest absolute Gasteiger partial charge is 0.207 e. The van der Waals surface area contributed by atoms with E-state index in [9.17, 15) is 17.6 Å². The molecular weight excluding hydrogens is 244 g/mol. The van der Waals surface area contributed by atoms with E-state index in [1.807, 2.05) is 0 Å². The molecule has 0 heterocycles. The van der Waals surface area contributed by atoms with Crippen LogP contribution in [0.4, 0.5) is 17.6 Å². The molecule has 0 amide bonds. The highest BCUT2D eigenvalue weighted by Gasteiger charge is 2.10. The molecule has 0 aliphatic heterocycles. The number of halogens is 4. The molecule has 0 aromatic heterocycles. The molecule has 0 radical (unpaired) electrons. The second kappa shape index (κ2) is 4.80. The van der Waals surface area contributed by atoms with E-state index in [2.05, 4.69) is 0 Å². The Morgan fingerprint density at radius 3 is 2.00 bits per heavy atom. The molecular formula is C14H10F4. The standard InChI is InChI=1S/C14H10F4/c1-8-12(16)5-9(6-13(8)17)4-10-2-3-11(15)7-14(10)18/h2-3,5-7H,4H2,1H3. The van der Waals surface area contributed by atoms with Crippen molar-refractivity contribution in [2.24, 2.45) is 0 Å². The number of benzene rings is 2. The molecule has 2 aromatic carbocycles. The lowest BCUT2D eigenvalue weighted by molar-refractivity contribution is 0.562. The van der Waals surface area contributed by atoms with E-state index in [0.29, 0.717) is 5.56 Å². The topological polar surface area (TPSA) is 0 Å². The van der Waals surface area contributed by atoms with Crippen LogP contribution >= 0.6 is 0 Å². The first kappa shape index (κ1) is 12.6. The Kier molecular flexibility index (Phi) is 3.36. The molecule has 0 aliphatic rings. The fourth-order valence-electron chi connectivity index (χ4n) is 1.68. The van der Waals surface area contributed by atoms with Crippen LogP contribution in [0, 0.1) is 30.2 Å². The zero-order valence-corrected chi connectivity index (χ0v) is 9.61. The second-order valence-corrected chi connectivity index (χ2v) is 4.10. The van der Waals surface area contributed by atoms with Gasteiger partial charge in [0.05, 0.1) is 0 Å². The lowest BCUT2D eigenvalue weighted by atomic mass is 10.0. The maximum absolute atomic E-state index is 13.4. The van der Waals surface area contributed by atoms with Crippen LogP contribution in [0.2, 0.25) is 0 Å². The van der Waals surface area contributed by atoms with Gasteiger partial charge in [-0.1, -0.05) is 6.07 Å². The third kappa shape index (κ3) is 2.53. The highest BCUT2D eigenvalue weighted by atomic mass is 19.1. The minimum atomic E-state index is -0.726. The lowest BCUT2D eigenvalue weighted by Crippen LogP contribution is -1.97. The van der Waals surface area contributed by atoms with Crippen molar-refractivity contribution < 1.29 is 17.6 Å². The van der Waals surface area contributed by atoms with Gasteiger partial charge in [-0.25, -0.2) is 17.6 Å². The number of hydrogen-bond acceptors (Lipinski definition) is 0. The number of rotatable bonds is 2. The van der Waals surface area contributed by atoms with Crippen LogP contribution in [0.5, 0.6) is 0 Å². The van der Waals surface area contributed by atoms with Crippen LogP contribution in [-0.2, 0) is 6.42 Å². The predicted molar refractivity (Wildman–Crippen MR) is 60.3 cm³/mol. The van der Waals surface area contributed by atoms with E-state index in [1.165, 1.54) is 13.0 Å². The highest BCUT2D eigenvalue weighted by molar-refractivity contribution is 5.31. The molecule has 4 heteroatoms. The Bertz CT molecular complexity index is 567. The van der Waals surface area contributed by atoms with Gasteiger partial charge < -0.3 is 0 Å². The molecule has 0 fully saturated rings. The number of hydrogen-bond donors (Lipinski definition) is 0. The molecule has 0 spiro atoms. The van der Waals surface area contributed by atoms with Gasteiger partial charge in [-0.2, -0.15) is 0 Å². The summed E-state index contributed by atoms with van der Waals surface area (Å²) in [5.41, 5.74) is 0.429. The molecule has 0 saturated carbocycles. The zero-order valence-electron chi connectivity index (χ0n) is 9.61. The second-order valence-electron chi connectivity index (χ2n) is 4.10. The smallest absolute Gasteiger partial charge is 0.129 e. The average molecular weight is 254 g/mol. The van der Waals surface area contributed by atoms with Crippen LogP contribution in [0.1, 0.15) is 16.7 Å². The van der Waals surface area contributed by atoms with Gasteiger partial charge in [-0.15, -0.1) is 0 Å². The average Bonchev–Trinajstić information content (AvgIpc) is 2.29. The van der Waals surface area contributed by atoms with Crippen molar-refractivity contribution >= 4 is 0 Å². The Morgan fingerprint density at radius 2 is 1.44 bits per heavy atom. The van der Waals surface area contributed by atoms with E-state index in [0.717, 1.165) is 24.3 Å². The summed E-state index contributed by atoms with van der Waals surface area (Å²) in [7, 11) is 0. The van der Waals surface area contributed by atoms with Crippen molar-refractivity contribution in [2.45, 2.75) is 13.3 Å². The first-order valence-corrected chi connectivity index (χ1v) is 5.36. The van der Waals surface area contributed by atoms with Crippen molar-refractivity contribution in [1.29, 1.82) is 0 Å². The van der Waals surface area contributed by atoms with Crippen molar-refractivity contribution in [3.8, 4) is 0 Å². The summed E-state index contributed by atoms with van der Waals surface area (Å²) >= 11 is 0. The molecule has 0 saturated heterocycles. The zero-order chi connectivity index (χ0) is 13.3. The molecule has 0 nitrogen and oxygen atoms in total. The molecule has 0 atom stereocenters. The molecule has 0 bridgehead atoms. The summed E-state index contributed by atoms with van der Waals surface area (Å²) in [5, 5.41) is 0. The SMILES string of the molecule is Cc1c(F)cc(Cc2ccc(F)cc2F)cc1F. The van der Waals surface area contributed by atoms with Crippen molar-refractivity contribution in [1.82, 2.24) is 0 Å². The Labute approximate surface area is 102 Å². The quantitative estimate of drug-likeness (QED) is 0.706. The van der Waals surface area contributed by atoms with Gasteiger partial charge in [0.15, 0.2) is 0 Å². The van der Waals surface area contributed by atoms with Crippen LogP contribution in [0.3, 0.4) is 0 Å². The van der Waals surface area contributed by atoms with Crippen molar-refractivity contribution in [3.63, 3.8) is 0 Å². The molecule has 2 rings (SSSR count). The minimum Gasteiger partial charge on any atom is -0.207 e. The van der Waals surface area contributed by atoms with Crippen LogP contribution in [0.25, 0.3) is 0 Å². The van der Waals surface area contributed by atoms with E-state index in [4.69, 9.17) is 0 Å². The normalized spacial score (nSPS) is 10.7. The third-order valence-corrected chi connectivity index (χ3v) is 2.75. The minimum absolute atomic E-state index is 0.0141. The highest BCUT2D eigenvalue weighted by Crippen LogP contribution is 2.19. The van der Waals surface area contributed by atoms with Gasteiger partial charge in [0, 0.05) is 18.1 Å². The summed E-state index contributed by atoms with van der Waals surface area (Å²) < 4.78 is 52.7. The molecule has 18 heavy (non-hydrogen) atoms. The molecule has 0 aliphatic carbocycles.